The van der Waals surface area contributed by atoms with Gasteiger partial charge in [-0.1, -0.05) is 26.2 Å². The maximum Gasteiger partial charge on any atom is 0.219 e. The number of carbonyl (C=O) groups is 1. The fraction of sp³-hybridized carbons (Fsp3) is 0.882. The van der Waals surface area contributed by atoms with Crippen LogP contribution in [0.25, 0.3) is 0 Å². The van der Waals surface area contributed by atoms with Crippen LogP contribution in [0.4, 0.5) is 0 Å². The van der Waals surface area contributed by atoms with Crippen LogP contribution < -0.4 is 5.32 Å². The van der Waals surface area contributed by atoms with Crippen LogP contribution in [0.2, 0.25) is 0 Å². The molecular weight excluding hydrogens is 276 g/mol. The maximum atomic E-state index is 11.4. The minimum absolute atomic E-state index is 0.178. The fourth-order valence-electron chi connectivity index (χ4n) is 3.53. The molecule has 0 spiro atoms. The van der Waals surface area contributed by atoms with Crippen LogP contribution in [0.5, 0.6) is 0 Å². The molecule has 126 valence electrons. The zero-order valence-corrected chi connectivity index (χ0v) is 14.5. The zero-order valence-electron chi connectivity index (χ0n) is 14.5. The molecule has 1 heterocycles. The minimum atomic E-state index is 0.178. The number of nitrogens with zero attached hydrogens (tertiary/aromatic N) is 3. The van der Waals surface area contributed by atoms with Gasteiger partial charge < -0.3 is 15.1 Å². The Labute approximate surface area is 135 Å². The number of hydrogen-bond acceptors (Lipinski definition) is 2. The highest BCUT2D eigenvalue weighted by Gasteiger charge is 2.23. The third kappa shape index (κ3) is 4.62. The molecule has 2 rings (SSSR count). The minimum Gasteiger partial charge on any atom is -0.357 e. The van der Waals surface area contributed by atoms with Crippen molar-refractivity contribution in [2.24, 2.45) is 16.8 Å². The first-order valence-electron chi connectivity index (χ1n) is 8.90. The smallest absolute Gasteiger partial charge is 0.219 e. The fourth-order valence-corrected chi connectivity index (χ4v) is 3.53. The molecule has 5 nitrogen and oxygen atoms in total. The van der Waals surface area contributed by atoms with Crippen LogP contribution in [-0.4, -0.2) is 60.9 Å². The Hall–Kier alpha value is -1.26. The lowest BCUT2D eigenvalue weighted by Crippen LogP contribution is -2.53. The molecule has 1 saturated carbocycles. The van der Waals surface area contributed by atoms with Gasteiger partial charge in [-0.25, -0.2) is 0 Å². The average molecular weight is 308 g/mol. The van der Waals surface area contributed by atoms with Crippen LogP contribution in [0, 0.1) is 11.8 Å². The van der Waals surface area contributed by atoms with E-state index in [1.54, 1.807) is 6.92 Å². The van der Waals surface area contributed by atoms with Gasteiger partial charge >= 0.3 is 0 Å². The number of aliphatic imine (C=N–C) groups is 1. The molecule has 0 radical (unpaired) electrons. The predicted octanol–water partition coefficient (Wildman–Crippen LogP) is 1.94. The maximum absolute atomic E-state index is 11.4. The summed E-state index contributed by atoms with van der Waals surface area (Å²) >= 11 is 0. The van der Waals surface area contributed by atoms with Crippen LogP contribution in [0.15, 0.2) is 4.99 Å². The van der Waals surface area contributed by atoms with E-state index >= 15 is 0 Å². The summed E-state index contributed by atoms with van der Waals surface area (Å²) in [6, 6.07) is 0. The van der Waals surface area contributed by atoms with Crippen molar-refractivity contribution in [2.45, 2.75) is 46.5 Å². The van der Waals surface area contributed by atoms with Gasteiger partial charge in [0.05, 0.1) is 0 Å². The summed E-state index contributed by atoms with van der Waals surface area (Å²) in [4.78, 5) is 20.6. The highest BCUT2D eigenvalue weighted by atomic mass is 16.2. The van der Waals surface area contributed by atoms with Gasteiger partial charge in [-0.15, -0.1) is 0 Å². The lowest BCUT2D eigenvalue weighted by molar-refractivity contribution is -0.130. The molecule has 1 amide bonds. The van der Waals surface area contributed by atoms with E-state index in [0.717, 1.165) is 57.1 Å². The van der Waals surface area contributed by atoms with Gasteiger partial charge in [-0.05, 0) is 25.2 Å². The van der Waals surface area contributed by atoms with Gasteiger partial charge in [-0.2, -0.15) is 0 Å². The van der Waals surface area contributed by atoms with Gasteiger partial charge in [0, 0.05) is 46.2 Å². The van der Waals surface area contributed by atoms with Crippen LogP contribution in [0.3, 0.4) is 0 Å². The van der Waals surface area contributed by atoms with E-state index in [1.807, 2.05) is 4.90 Å². The molecule has 22 heavy (non-hydrogen) atoms. The Morgan fingerprint density at radius 1 is 1.14 bits per heavy atom. The first-order chi connectivity index (χ1) is 10.6. The van der Waals surface area contributed by atoms with Gasteiger partial charge in [0.2, 0.25) is 5.91 Å². The second kappa shape index (κ2) is 8.39. The molecule has 0 bridgehead atoms. The Morgan fingerprint density at radius 2 is 1.77 bits per heavy atom. The van der Waals surface area contributed by atoms with Crippen molar-refractivity contribution in [1.29, 1.82) is 0 Å². The summed E-state index contributed by atoms with van der Waals surface area (Å²) in [6.07, 6.45) is 5.42. The number of nitrogens with one attached hydrogen (secondary N) is 1. The van der Waals surface area contributed by atoms with E-state index in [0.29, 0.717) is 0 Å². The van der Waals surface area contributed by atoms with Crippen molar-refractivity contribution in [3.05, 3.63) is 0 Å². The molecule has 0 aromatic heterocycles. The molecule has 0 aromatic carbocycles. The molecule has 1 N–H and O–H groups in total. The number of guanidine groups is 1. The Morgan fingerprint density at radius 3 is 2.36 bits per heavy atom. The van der Waals surface area contributed by atoms with E-state index < -0.39 is 0 Å². The molecule has 1 aliphatic carbocycles. The average Bonchev–Trinajstić information content (AvgIpc) is 2.53. The zero-order chi connectivity index (χ0) is 15.9. The van der Waals surface area contributed by atoms with Gasteiger partial charge in [0.1, 0.15) is 0 Å². The van der Waals surface area contributed by atoms with E-state index in [1.165, 1.54) is 25.7 Å². The van der Waals surface area contributed by atoms with Crippen molar-refractivity contribution < 1.29 is 4.79 Å². The van der Waals surface area contributed by atoms with Crippen molar-refractivity contribution in [3.63, 3.8) is 0 Å². The van der Waals surface area contributed by atoms with E-state index in [4.69, 9.17) is 4.99 Å². The van der Waals surface area contributed by atoms with Gasteiger partial charge in [-0.3, -0.25) is 9.79 Å². The molecule has 2 unspecified atom stereocenters. The van der Waals surface area contributed by atoms with Crippen LogP contribution in [-0.2, 0) is 4.79 Å². The van der Waals surface area contributed by atoms with Crippen molar-refractivity contribution >= 4 is 11.9 Å². The second-order valence-corrected chi connectivity index (χ2v) is 6.71. The number of hydrogen-bond donors (Lipinski definition) is 1. The topological polar surface area (TPSA) is 47.9 Å². The Bertz CT molecular complexity index is 388. The highest BCUT2D eigenvalue weighted by Crippen LogP contribution is 2.29. The Kier molecular flexibility index (Phi) is 6.52. The summed E-state index contributed by atoms with van der Waals surface area (Å²) in [5.74, 6) is 2.75. The monoisotopic (exact) mass is 308 g/mol. The molecule has 1 aliphatic heterocycles. The summed E-state index contributed by atoms with van der Waals surface area (Å²) in [7, 11) is 0. The van der Waals surface area contributed by atoms with Crippen LogP contribution >= 0.6 is 0 Å². The van der Waals surface area contributed by atoms with Crippen LogP contribution in [0.1, 0.15) is 46.5 Å². The largest absolute Gasteiger partial charge is 0.357 e. The molecule has 5 heteroatoms. The van der Waals surface area contributed by atoms with E-state index in [2.05, 4.69) is 24.1 Å². The van der Waals surface area contributed by atoms with Gasteiger partial charge in [0.25, 0.3) is 0 Å². The number of carbonyl (C=O) groups excluding carboxylic acids is 1. The lowest BCUT2D eigenvalue weighted by Gasteiger charge is -2.36. The number of amides is 1. The second-order valence-electron chi connectivity index (χ2n) is 6.71. The van der Waals surface area contributed by atoms with Crippen molar-refractivity contribution in [2.75, 3.05) is 39.3 Å². The molecular formula is C17H32N4O. The lowest BCUT2D eigenvalue weighted by atomic mass is 9.80. The third-order valence-corrected chi connectivity index (χ3v) is 5.12. The van der Waals surface area contributed by atoms with E-state index in [9.17, 15) is 4.79 Å². The first kappa shape index (κ1) is 17.1. The Balaban J connectivity index is 1.91. The SMILES string of the molecule is CCNC(=NCC1CCCCC1C)N1CCN(C(C)=O)CC1. The quantitative estimate of drug-likeness (QED) is 0.640. The molecule has 2 fully saturated rings. The molecule has 2 atom stereocenters. The standard InChI is InChI=1S/C17H32N4O/c1-4-18-17(19-13-16-8-6-5-7-14(16)2)21-11-9-20(10-12-21)15(3)22/h14,16H,4-13H2,1-3H3,(H,18,19). The third-order valence-electron chi connectivity index (χ3n) is 5.12. The number of rotatable bonds is 3. The van der Waals surface area contributed by atoms with E-state index in [-0.39, 0.29) is 5.91 Å². The van der Waals surface area contributed by atoms with Crippen molar-refractivity contribution in [3.8, 4) is 0 Å². The molecule has 2 aliphatic rings. The van der Waals surface area contributed by atoms with Crippen molar-refractivity contribution in [1.82, 2.24) is 15.1 Å². The summed E-state index contributed by atoms with van der Waals surface area (Å²) in [5.41, 5.74) is 0. The molecule has 0 aromatic rings. The summed E-state index contributed by atoms with van der Waals surface area (Å²) in [6.45, 7) is 11.3. The molecule has 1 saturated heterocycles. The number of piperazine rings is 1. The predicted molar refractivity (Wildman–Crippen MR) is 90.9 cm³/mol. The first-order valence-corrected chi connectivity index (χ1v) is 8.90. The highest BCUT2D eigenvalue weighted by molar-refractivity contribution is 5.80. The summed E-state index contributed by atoms with van der Waals surface area (Å²) in [5, 5.41) is 3.42. The van der Waals surface area contributed by atoms with Gasteiger partial charge in [0.15, 0.2) is 5.96 Å². The summed E-state index contributed by atoms with van der Waals surface area (Å²) < 4.78 is 0. The normalized spacial score (nSPS) is 27.0.